The first kappa shape index (κ1) is 18.0. The van der Waals surface area contributed by atoms with Gasteiger partial charge in [0.1, 0.15) is 17.9 Å². The molecule has 6 heteroatoms. The number of halogens is 1. The molecular weight excluding hydrogens is 364 g/mol. The topological polar surface area (TPSA) is 45.5 Å². The summed E-state index contributed by atoms with van der Waals surface area (Å²) in [6, 6.07) is 8.59. The van der Waals surface area contributed by atoms with Crippen molar-refractivity contribution in [2.24, 2.45) is 0 Å². The van der Waals surface area contributed by atoms with Crippen molar-refractivity contribution in [2.75, 3.05) is 6.79 Å². The van der Waals surface area contributed by atoms with Crippen LogP contribution in [0.5, 0.6) is 17.2 Å². The Labute approximate surface area is 164 Å². The van der Waals surface area contributed by atoms with Gasteiger partial charge in [0, 0.05) is 23.5 Å². The van der Waals surface area contributed by atoms with Crippen molar-refractivity contribution in [1.29, 1.82) is 0 Å². The summed E-state index contributed by atoms with van der Waals surface area (Å²) in [5.74, 6) is 2.49. The molecule has 1 saturated carbocycles. The van der Waals surface area contributed by atoms with Crippen LogP contribution in [0.15, 0.2) is 24.3 Å². The second-order valence-electron chi connectivity index (χ2n) is 7.25. The van der Waals surface area contributed by atoms with Gasteiger partial charge in [-0.1, -0.05) is 6.07 Å². The van der Waals surface area contributed by atoms with E-state index in [0.29, 0.717) is 12.6 Å². The maximum atomic E-state index is 6.28. The van der Waals surface area contributed by atoms with Gasteiger partial charge >= 0.3 is 0 Å². The van der Waals surface area contributed by atoms with Crippen molar-refractivity contribution in [3.63, 3.8) is 0 Å². The zero-order chi connectivity index (χ0) is 17.8. The van der Waals surface area contributed by atoms with Gasteiger partial charge in [-0.3, -0.25) is 4.98 Å². The molecule has 3 heterocycles. The Morgan fingerprint density at radius 2 is 1.89 bits per heavy atom. The molecule has 3 aromatic rings. The highest BCUT2D eigenvalue weighted by Gasteiger charge is 2.29. The van der Waals surface area contributed by atoms with Gasteiger partial charge in [0.25, 0.3) is 0 Å². The molecule has 0 spiro atoms. The van der Waals surface area contributed by atoms with Crippen molar-refractivity contribution in [3.05, 3.63) is 46.8 Å². The molecule has 0 amide bonds. The van der Waals surface area contributed by atoms with Gasteiger partial charge in [-0.2, -0.15) is 0 Å². The van der Waals surface area contributed by atoms with Gasteiger partial charge < -0.3 is 18.8 Å². The van der Waals surface area contributed by atoms with E-state index in [-0.39, 0.29) is 19.2 Å². The van der Waals surface area contributed by atoms with Gasteiger partial charge in [-0.15, -0.1) is 12.4 Å². The first-order valence-electron chi connectivity index (χ1n) is 9.12. The van der Waals surface area contributed by atoms with Crippen LogP contribution in [0.2, 0.25) is 0 Å². The van der Waals surface area contributed by atoms with E-state index in [4.69, 9.17) is 19.2 Å². The predicted octanol–water partition coefficient (Wildman–Crippen LogP) is 5.03. The van der Waals surface area contributed by atoms with Crippen LogP contribution < -0.4 is 14.2 Å². The summed E-state index contributed by atoms with van der Waals surface area (Å²) < 4.78 is 19.5. The molecule has 142 valence electrons. The number of ether oxygens (including phenoxy) is 3. The molecule has 1 aromatic carbocycles. The zero-order valence-electron chi connectivity index (χ0n) is 15.7. The van der Waals surface area contributed by atoms with E-state index in [0.717, 1.165) is 39.5 Å². The van der Waals surface area contributed by atoms with Crippen LogP contribution in [-0.4, -0.2) is 16.3 Å². The Balaban J connectivity index is 0.00000180. The summed E-state index contributed by atoms with van der Waals surface area (Å²) in [4.78, 5) is 4.79. The highest BCUT2D eigenvalue weighted by molar-refractivity contribution is 5.87. The van der Waals surface area contributed by atoms with E-state index in [1.807, 2.05) is 31.2 Å². The van der Waals surface area contributed by atoms with E-state index in [1.165, 1.54) is 24.1 Å². The lowest BCUT2D eigenvalue weighted by Crippen LogP contribution is -2.02. The zero-order valence-corrected chi connectivity index (χ0v) is 16.6. The Kier molecular flexibility index (Phi) is 4.42. The number of pyridine rings is 1. The van der Waals surface area contributed by atoms with E-state index >= 15 is 0 Å². The smallest absolute Gasteiger partial charge is 0.231 e. The first-order chi connectivity index (χ1) is 12.6. The number of fused-ring (bicyclic) bond motifs is 2. The fourth-order valence-electron chi connectivity index (χ4n) is 3.74. The van der Waals surface area contributed by atoms with Crippen molar-refractivity contribution in [2.45, 2.75) is 46.3 Å². The number of rotatable bonds is 4. The minimum Gasteiger partial charge on any atom is -0.487 e. The molecule has 0 radical (unpaired) electrons. The van der Waals surface area contributed by atoms with Crippen LogP contribution in [0.1, 0.15) is 41.4 Å². The highest BCUT2D eigenvalue weighted by Crippen LogP contribution is 2.43. The van der Waals surface area contributed by atoms with E-state index in [1.54, 1.807) is 0 Å². The molecule has 2 aromatic heterocycles. The maximum absolute atomic E-state index is 6.28. The monoisotopic (exact) mass is 386 g/mol. The first-order valence-corrected chi connectivity index (χ1v) is 9.12. The number of hydrogen-bond donors (Lipinski definition) is 0. The summed E-state index contributed by atoms with van der Waals surface area (Å²) in [6.45, 7) is 7.15. The Morgan fingerprint density at radius 3 is 2.67 bits per heavy atom. The molecule has 1 fully saturated rings. The number of benzene rings is 1. The molecule has 0 atom stereocenters. The predicted molar refractivity (Wildman–Crippen MR) is 106 cm³/mol. The third-order valence-electron chi connectivity index (χ3n) is 5.33. The number of aryl methyl sites for hydroxylation is 2. The Morgan fingerprint density at radius 1 is 1.11 bits per heavy atom. The second-order valence-corrected chi connectivity index (χ2v) is 7.25. The second kappa shape index (κ2) is 6.64. The van der Waals surface area contributed by atoms with Gasteiger partial charge in [0.15, 0.2) is 11.5 Å². The van der Waals surface area contributed by atoms with Crippen LogP contribution in [0.25, 0.3) is 11.0 Å². The lowest BCUT2D eigenvalue weighted by Gasteiger charge is -2.13. The van der Waals surface area contributed by atoms with Crippen LogP contribution in [-0.2, 0) is 6.61 Å². The largest absolute Gasteiger partial charge is 0.487 e. The fourth-order valence-corrected chi connectivity index (χ4v) is 3.74. The lowest BCUT2D eigenvalue weighted by molar-refractivity contribution is 0.174. The molecule has 1 aliphatic carbocycles. The third-order valence-corrected chi connectivity index (χ3v) is 5.33. The van der Waals surface area contributed by atoms with Gasteiger partial charge in [0.05, 0.1) is 5.52 Å². The average Bonchev–Trinajstić information content (AvgIpc) is 3.30. The van der Waals surface area contributed by atoms with Gasteiger partial charge in [-0.25, -0.2) is 0 Å². The summed E-state index contributed by atoms with van der Waals surface area (Å²) in [5, 5.41) is 0. The quantitative estimate of drug-likeness (QED) is 0.631. The molecule has 0 saturated heterocycles. The molecule has 5 rings (SSSR count). The fraction of sp³-hybridized carbons (Fsp3) is 0.381. The van der Waals surface area contributed by atoms with Crippen LogP contribution in [0.4, 0.5) is 0 Å². The summed E-state index contributed by atoms with van der Waals surface area (Å²) >= 11 is 0. The van der Waals surface area contributed by atoms with E-state index in [2.05, 4.69) is 18.4 Å². The van der Waals surface area contributed by atoms with Crippen molar-refractivity contribution < 1.29 is 14.2 Å². The highest BCUT2D eigenvalue weighted by atomic mass is 35.5. The normalized spacial score (nSPS) is 15.1. The van der Waals surface area contributed by atoms with Crippen LogP contribution in [0, 0.1) is 20.8 Å². The molecule has 0 unspecified atom stereocenters. The lowest BCUT2D eigenvalue weighted by atomic mass is 10.2. The average molecular weight is 387 g/mol. The number of hydrogen-bond acceptors (Lipinski definition) is 4. The minimum atomic E-state index is 0. The van der Waals surface area contributed by atoms with Crippen LogP contribution in [0.3, 0.4) is 0 Å². The molecule has 0 bridgehead atoms. The number of nitrogens with zero attached hydrogens (tertiary/aromatic N) is 2. The van der Waals surface area contributed by atoms with Crippen molar-refractivity contribution in [3.8, 4) is 17.2 Å². The summed E-state index contributed by atoms with van der Waals surface area (Å²) in [7, 11) is 0. The standard InChI is InChI=1S/C21H22N2O3.ClH/c1-12-8-19(24-10-15-4-7-17-18(9-15)26-11-25-17)21-20(22-12)13(2)14(3)23(21)16-5-6-16;/h4,7-9,16H,5-6,10-11H2,1-3H3;1H. The van der Waals surface area contributed by atoms with Gasteiger partial charge in [0.2, 0.25) is 6.79 Å². The SMILES string of the molecule is Cc1cc(OCc2ccc3c(c2)OCO3)c2c(n1)c(C)c(C)n2C1CC1.Cl. The van der Waals surface area contributed by atoms with E-state index < -0.39 is 0 Å². The molecule has 1 aliphatic heterocycles. The molecular formula is C21H23ClN2O3. The Bertz CT molecular complexity index is 1020. The maximum Gasteiger partial charge on any atom is 0.231 e. The molecule has 5 nitrogen and oxygen atoms in total. The third kappa shape index (κ3) is 3.00. The Hall–Kier alpha value is -2.40. The van der Waals surface area contributed by atoms with Crippen molar-refractivity contribution in [1.82, 2.24) is 9.55 Å². The summed E-state index contributed by atoms with van der Waals surface area (Å²) in [6.07, 6.45) is 2.47. The minimum absolute atomic E-state index is 0. The van der Waals surface area contributed by atoms with Crippen LogP contribution >= 0.6 is 12.4 Å². The molecule has 27 heavy (non-hydrogen) atoms. The van der Waals surface area contributed by atoms with Gasteiger partial charge in [-0.05, 0) is 56.9 Å². The number of aromatic nitrogens is 2. The van der Waals surface area contributed by atoms with Crippen molar-refractivity contribution >= 4 is 23.4 Å². The summed E-state index contributed by atoms with van der Waals surface area (Å²) in [5.41, 5.74) is 6.80. The molecule has 0 N–H and O–H groups in total. The molecule has 2 aliphatic rings. The van der Waals surface area contributed by atoms with E-state index in [9.17, 15) is 0 Å².